The summed E-state index contributed by atoms with van der Waals surface area (Å²) in [5.74, 6) is 3.82. The van der Waals surface area contributed by atoms with Crippen molar-refractivity contribution < 1.29 is 27.0 Å². The van der Waals surface area contributed by atoms with E-state index >= 15 is 0 Å². The number of halogens is 4. The number of alkyl halides is 4. The van der Waals surface area contributed by atoms with Crippen molar-refractivity contribution >= 4 is 6.21 Å². The van der Waals surface area contributed by atoms with Gasteiger partial charge in [-0.05, 0) is 12.1 Å². The summed E-state index contributed by atoms with van der Waals surface area (Å²) in [6.07, 6.45) is -8.49. The molecule has 0 unspecified atom stereocenters. The van der Waals surface area contributed by atoms with E-state index in [0.717, 1.165) is 12.3 Å². The molecule has 1 aliphatic rings. The second-order valence-corrected chi connectivity index (χ2v) is 3.19. The van der Waals surface area contributed by atoms with Gasteiger partial charge >= 0.3 is 12.2 Å². The first-order valence-electron chi connectivity index (χ1n) is 4.37. The molecule has 92 valence electrons. The van der Waals surface area contributed by atoms with Crippen LogP contribution >= 0.6 is 0 Å². The van der Waals surface area contributed by atoms with Gasteiger partial charge in [-0.3, -0.25) is 0 Å². The van der Waals surface area contributed by atoms with Crippen LogP contribution < -0.4 is 15.3 Å². The van der Waals surface area contributed by atoms with Crippen LogP contribution in [0.15, 0.2) is 23.3 Å². The summed E-state index contributed by atoms with van der Waals surface area (Å²) in [4.78, 5) is 0. The molecule has 1 aliphatic heterocycles. The monoisotopic (exact) mass is 250 g/mol. The molecular weight excluding hydrogens is 244 g/mol. The van der Waals surface area contributed by atoms with Crippen LogP contribution in [0.3, 0.4) is 0 Å². The third kappa shape index (κ3) is 1.75. The van der Waals surface area contributed by atoms with Gasteiger partial charge in [0.25, 0.3) is 0 Å². The van der Waals surface area contributed by atoms with Crippen LogP contribution in [0.1, 0.15) is 5.56 Å². The van der Waals surface area contributed by atoms with E-state index in [1.807, 2.05) is 0 Å². The molecule has 17 heavy (non-hydrogen) atoms. The Morgan fingerprint density at radius 3 is 2.41 bits per heavy atom. The minimum atomic E-state index is -4.75. The summed E-state index contributed by atoms with van der Waals surface area (Å²) in [5.41, 5.74) is 0.0141. The predicted molar refractivity (Wildman–Crippen MR) is 49.4 cm³/mol. The van der Waals surface area contributed by atoms with E-state index in [1.165, 1.54) is 12.1 Å². The number of fused-ring (bicyclic) bond motifs is 1. The summed E-state index contributed by atoms with van der Waals surface area (Å²) in [6, 6.07) is 3.71. The van der Waals surface area contributed by atoms with Crippen LogP contribution in [0, 0.1) is 0 Å². The van der Waals surface area contributed by atoms with Gasteiger partial charge in [0.2, 0.25) is 0 Å². The van der Waals surface area contributed by atoms with Gasteiger partial charge in [-0.15, -0.1) is 0 Å². The van der Waals surface area contributed by atoms with Crippen molar-refractivity contribution in [3.63, 3.8) is 0 Å². The number of hydrogen-bond donors (Lipinski definition) is 1. The summed E-state index contributed by atoms with van der Waals surface area (Å²) in [6.45, 7) is 0. The SMILES string of the molecule is NN=Cc1cccc2c1OC(F)(F)C(F)(F)O2. The van der Waals surface area contributed by atoms with Crippen molar-refractivity contribution in [2.24, 2.45) is 10.9 Å². The normalized spacial score (nSPS) is 20.5. The number of hydrogen-bond acceptors (Lipinski definition) is 4. The highest BCUT2D eigenvalue weighted by molar-refractivity contribution is 5.85. The minimum Gasteiger partial charge on any atom is -0.421 e. The van der Waals surface area contributed by atoms with Crippen molar-refractivity contribution in [1.82, 2.24) is 0 Å². The van der Waals surface area contributed by atoms with Crippen LogP contribution in [-0.4, -0.2) is 18.4 Å². The molecule has 8 heteroatoms. The van der Waals surface area contributed by atoms with E-state index in [2.05, 4.69) is 14.6 Å². The van der Waals surface area contributed by atoms with Gasteiger partial charge in [0.05, 0.1) is 6.21 Å². The second kappa shape index (κ2) is 3.51. The molecule has 1 heterocycles. The van der Waals surface area contributed by atoms with Crippen molar-refractivity contribution in [1.29, 1.82) is 0 Å². The first kappa shape index (κ1) is 11.5. The van der Waals surface area contributed by atoms with E-state index in [-0.39, 0.29) is 5.56 Å². The van der Waals surface area contributed by atoms with Gasteiger partial charge in [-0.25, -0.2) is 0 Å². The molecule has 0 bridgehead atoms. The third-order valence-corrected chi connectivity index (χ3v) is 2.03. The fraction of sp³-hybridized carbons (Fsp3) is 0.222. The highest BCUT2D eigenvalue weighted by Gasteiger charge is 2.66. The molecule has 0 saturated carbocycles. The highest BCUT2D eigenvalue weighted by Crippen LogP contribution is 2.47. The highest BCUT2D eigenvalue weighted by atomic mass is 19.3. The Bertz CT molecular complexity index is 476. The van der Waals surface area contributed by atoms with E-state index < -0.39 is 23.7 Å². The Labute approximate surface area is 92.6 Å². The van der Waals surface area contributed by atoms with Crippen LogP contribution in [-0.2, 0) is 0 Å². The summed E-state index contributed by atoms with van der Waals surface area (Å²) >= 11 is 0. The van der Waals surface area contributed by atoms with Gasteiger partial charge in [0, 0.05) is 5.56 Å². The number of nitrogens with zero attached hydrogens (tertiary/aromatic N) is 1. The van der Waals surface area contributed by atoms with Crippen molar-refractivity contribution in [3.8, 4) is 11.5 Å². The van der Waals surface area contributed by atoms with E-state index in [4.69, 9.17) is 5.84 Å². The minimum absolute atomic E-state index is 0.0141. The number of benzene rings is 1. The zero-order valence-electron chi connectivity index (χ0n) is 8.16. The smallest absolute Gasteiger partial charge is 0.421 e. The molecule has 0 fully saturated rings. The van der Waals surface area contributed by atoms with E-state index in [1.54, 1.807) is 0 Å². The maximum atomic E-state index is 12.9. The van der Waals surface area contributed by atoms with Gasteiger partial charge in [-0.2, -0.15) is 22.7 Å². The molecule has 0 aliphatic carbocycles. The van der Waals surface area contributed by atoms with Crippen LogP contribution in [0.25, 0.3) is 0 Å². The molecule has 1 aromatic rings. The zero-order chi connectivity index (χ0) is 12.7. The molecule has 0 atom stereocenters. The number of para-hydroxylation sites is 1. The Balaban J connectivity index is 2.53. The van der Waals surface area contributed by atoms with E-state index in [0.29, 0.717) is 0 Å². The summed E-state index contributed by atoms with van der Waals surface area (Å²) < 4.78 is 59.3. The quantitative estimate of drug-likeness (QED) is 0.358. The Morgan fingerprint density at radius 1 is 1.12 bits per heavy atom. The van der Waals surface area contributed by atoms with E-state index in [9.17, 15) is 17.6 Å². The van der Waals surface area contributed by atoms with Crippen LogP contribution in [0.4, 0.5) is 17.6 Å². The molecule has 0 saturated heterocycles. The number of nitrogens with two attached hydrogens (primary N) is 1. The average Bonchev–Trinajstić information content (AvgIpc) is 2.21. The Morgan fingerprint density at radius 2 is 1.76 bits per heavy atom. The van der Waals surface area contributed by atoms with Gasteiger partial charge in [-0.1, -0.05) is 6.07 Å². The number of ether oxygens (including phenoxy) is 2. The largest absolute Gasteiger partial charge is 0.507 e. The lowest BCUT2D eigenvalue weighted by atomic mass is 10.2. The molecule has 4 nitrogen and oxygen atoms in total. The maximum absolute atomic E-state index is 12.9. The van der Waals surface area contributed by atoms with Gasteiger partial charge in [0.1, 0.15) is 0 Å². The standard InChI is InChI=1S/C9H6F4N2O2/c10-8(11)9(12,13)17-7-5(4-15-14)2-1-3-6(7)16-8/h1-4H,14H2. The second-order valence-electron chi connectivity index (χ2n) is 3.19. The van der Waals surface area contributed by atoms with Crippen LogP contribution in [0.2, 0.25) is 0 Å². The number of hydrazone groups is 1. The molecule has 0 radical (unpaired) electrons. The lowest BCUT2D eigenvalue weighted by Gasteiger charge is -2.32. The molecule has 1 aromatic carbocycles. The van der Waals surface area contributed by atoms with Crippen LogP contribution in [0.5, 0.6) is 11.5 Å². The molecular formula is C9H6F4N2O2. The predicted octanol–water partition coefficient (Wildman–Crippen LogP) is 1.94. The lowest BCUT2D eigenvalue weighted by Crippen LogP contribution is -2.52. The maximum Gasteiger partial charge on any atom is 0.507 e. The summed E-state index contributed by atoms with van der Waals surface area (Å²) in [5, 5.41) is 3.11. The molecule has 0 aromatic heterocycles. The number of rotatable bonds is 1. The summed E-state index contributed by atoms with van der Waals surface area (Å²) in [7, 11) is 0. The molecule has 0 amide bonds. The first-order valence-corrected chi connectivity index (χ1v) is 4.37. The van der Waals surface area contributed by atoms with Crippen molar-refractivity contribution in [2.75, 3.05) is 0 Å². The fourth-order valence-electron chi connectivity index (χ4n) is 1.29. The molecule has 2 rings (SSSR count). The lowest BCUT2D eigenvalue weighted by molar-refractivity contribution is -0.391. The zero-order valence-corrected chi connectivity index (χ0v) is 8.16. The first-order chi connectivity index (χ1) is 7.87. The fourth-order valence-corrected chi connectivity index (χ4v) is 1.29. The average molecular weight is 250 g/mol. The Hall–Kier alpha value is -1.99. The molecule has 2 N–H and O–H groups in total. The van der Waals surface area contributed by atoms with Gasteiger partial charge in [0.15, 0.2) is 11.5 Å². The third-order valence-electron chi connectivity index (χ3n) is 2.03. The van der Waals surface area contributed by atoms with Gasteiger partial charge < -0.3 is 15.3 Å². The molecule has 0 spiro atoms. The van der Waals surface area contributed by atoms with Crippen molar-refractivity contribution in [2.45, 2.75) is 12.2 Å². The van der Waals surface area contributed by atoms with Crippen molar-refractivity contribution in [3.05, 3.63) is 23.8 Å². The topological polar surface area (TPSA) is 56.8 Å². The Kier molecular flexibility index (Phi) is 2.37.